The maximum atomic E-state index is 11.0. The highest BCUT2D eigenvalue weighted by molar-refractivity contribution is 5.94. The van der Waals surface area contributed by atoms with Gasteiger partial charge in [0.15, 0.2) is 5.69 Å². The smallest absolute Gasteiger partial charge is 0.210 e. The number of carbonyl (C=O) groups excluding carboxylic acids is 1. The van der Waals surface area contributed by atoms with Crippen LogP contribution in [0.15, 0.2) is 6.20 Å². The van der Waals surface area contributed by atoms with Crippen molar-refractivity contribution < 1.29 is 9.53 Å². The molecule has 1 aromatic heterocycles. The molecular weight excluding hydrogens is 146 g/mol. The number of Topliss-reactive ketones (excluding diaryl/α,β-unsaturated/α-hetero) is 1. The van der Waals surface area contributed by atoms with E-state index < -0.39 is 0 Å². The van der Waals surface area contributed by atoms with Gasteiger partial charge in [0.2, 0.25) is 5.78 Å². The lowest BCUT2D eigenvalue weighted by atomic mass is 10.3. The van der Waals surface area contributed by atoms with Crippen LogP contribution in [0.1, 0.15) is 17.4 Å². The number of rotatable bonds is 4. The molecule has 1 rings (SSSR count). The molecule has 5 nitrogen and oxygen atoms in total. The van der Waals surface area contributed by atoms with Gasteiger partial charge >= 0.3 is 0 Å². The number of nitrogens with zero attached hydrogens (tertiary/aromatic N) is 2. The number of aromatic nitrogens is 3. The first-order valence-corrected chi connectivity index (χ1v) is 3.31. The van der Waals surface area contributed by atoms with Gasteiger partial charge in [0.05, 0.1) is 6.20 Å². The summed E-state index contributed by atoms with van der Waals surface area (Å²) >= 11 is 0. The van der Waals surface area contributed by atoms with Crippen LogP contribution in [-0.4, -0.2) is 34.4 Å². The second kappa shape index (κ2) is 3.82. The molecule has 0 aliphatic carbocycles. The van der Waals surface area contributed by atoms with Crippen LogP contribution in [0.25, 0.3) is 0 Å². The Balaban J connectivity index is 2.43. The molecule has 0 bridgehead atoms. The molecule has 0 saturated carbocycles. The Hall–Kier alpha value is -1.23. The van der Waals surface area contributed by atoms with Crippen molar-refractivity contribution >= 4 is 5.78 Å². The molecule has 1 N–H and O–H groups in total. The zero-order valence-electron chi connectivity index (χ0n) is 6.20. The average Bonchev–Trinajstić information content (AvgIpc) is 2.52. The summed E-state index contributed by atoms with van der Waals surface area (Å²) in [6, 6.07) is 0. The molecule has 0 amide bonds. The number of H-pyrrole nitrogens is 1. The van der Waals surface area contributed by atoms with Crippen molar-refractivity contribution in [2.45, 2.75) is 6.92 Å². The average molecular weight is 155 g/mol. The van der Waals surface area contributed by atoms with Gasteiger partial charge in [0.25, 0.3) is 0 Å². The van der Waals surface area contributed by atoms with Crippen molar-refractivity contribution in [1.82, 2.24) is 15.4 Å². The molecule has 1 heterocycles. The Bertz CT molecular complexity index is 220. The maximum absolute atomic E-state index is 11.0. The molecular formula is C6H9N3O2. The monoisotopic (exact) mass is 155 g/mol. The minimum absolute atomic E-state index is 0.0725. The number of carbonyl (C=O) groups is 1. The molecule has 0 atom stereocenters. The van der Waals surface area contributed by atoms with E-state index in [-0.39, 0.29) is 12.4 Å². The summed E-state index contributed by atoms with van der Waals surface area (Å²) in [7, 11) is 0. The maximum Gasteiger partial charge on any atom is 0.210 e. The highest BCUT2D eigenvalue weighted by Crippen LogP contribution is 1.91. The number of nitrogens with one attached hydrogen (secondary N) is 1. The molecule has 60 valence electrons. The van der Waals surface area contributed by atoms with Crippen LogP contribution < -0.4 is 0 Å². The largest absolute Gasteiger partial charge is 0.374 e. The summed E-state index contributed by atoms with van der Waals surface area (Å²) in [5.41, 5.74) is 0.318. The van der Waals surface area contributed by atoms with Crippen molar-refractivity contribution in [3.8, 4) is 0 Å². The summed E-state index contributed by atoms with van der Waals surface area (Å²) in [5.74, 6) is -0.152. The lowest BCUT2D eigenvalue weighted by Crippen LogP contribution is -2.09. The van der Waals surface area contributed by atoms with Crippen molar-refractivity contribution in [3.05, 3.63) is 11.9 Å². The fourth-order valence-corrected chi connectivity index (χ4v) is 0.605. The van der Waals surface area contributed by atoms with Gasteiger partial charge in [0.1, 0.15) is 6.61 Å². The molecule has 1 aromatic rings. The minimum atomic E-state index is -0.152. The Morgan fingerprint density at radius 2 is 2.64 bits per heavy atom. The van der Waals surface area contributed by atoms with Gasteiger partial charge < -0.3 is 4.74 Å². The summed E-state index contributed by atoms with van der Waals surface area (Å²) in [6.45, 7) is 2.43. The van der Waals surface area contributed by atoms with Crippen LogP contribution in [0.4, 0.5) is 0 Å². The van der Waals surface area contributed by atoms with Crippen LogP contribution in [0.3, 0.4) is 0 Å². The first-order chi connectivity index (χ1) is 5.34. The van der Waals surface area contributed by atoms with Gasteiger partial charge in [-0.1, -0.05) is 0 Å². The van der Waals surface area contributed by atoms with Crippen molar-refractivity contribution in [2.24, 2.45) is 0 Å². The number of ketones is 1. The number of aromatic amines is 1. The molecule has 0 aliphatic rings. The third-order valence-corrected chi connectivity index (χ3v) is 1.14. The zero-order valence-corrected chi connectivity index (χ0v) is 6.20. The standard InChI is InChI=1S/C6H9N3O2/c1-2-11-4-6(10)5-3-7-9-8-5/h3H,2,4H2,1H3,(H,7,8,9). The van der Waals surface area contributed by atoms with E-state index in [1.807, 2.05) is 6.92 Å². The number of hydrogen-bond acceptors (Lipinski definition) is 4. The van der Waals surface area contributed by atoms with E-state index in [1.165, 1.54) is 6.20 Å². The zero-order chi connectivity index (χ0) is 8.10. The fourth-order valence-electron chi connectivity index (χ4n) is 0.605. The highest BCUT2D eigenvalue weighted by Gasteiger charge is 2.07. The molecule has 0 saturated heterocycles. The van der Waals surface area contributed by atoms with Gasteiger partial charge in [-0.05, 0) is 6.92 Å². The predicted molar refractivity (Wildman–Crippen MR) is 37.2 cm³/mol. The Labute approximate surface area is 63.8 Å². The van der Waals surface area contributed by atoms with E-state index >= 15 is 0 Å². The van der Waals surface area contributed by atoms with Crippen molar-refractivity contribution in [1.29, 1.82) is 0 Å². The van der Waals surface area contributed by atoms with Crippen LogP contribution in [0, 0.1) is 0 Å². The van der Waals surface area contributed by atoms with E-state index in [9.17, 15) is 4.79 Å². The summed E-state index contributed by atoms with van der Waals surface area (Å²) in [6.07, 6.45) is 1.38. The van der Waals surface area contributed by atoms with Gasteiger partial charge in [-0.25, -0.2) is 0 Å². The highest BCUT2D eigenvalue weighted by atomic mass is 16.5. The van der Waals surface area contributed by atoms with Crippen molar-refractivity contribution in [2.75, 3.05) is 13.2 Å². The van der Waals surface area contributed by atoms with E-state index in [2.05, 4.69) is 15.4 Å². The van der Waals surface area contributed by atoms with Gasteiger partial charge in [0, 0.05) is 6.61 Å². The summed E-state index contributed by atoms with van der Waals surface area (Å²) in [5, 5.41) is 9.45. The Morgan fingerprint density at radius 3 is 3.18 bits per heavy atom. The molecule has 0 spiro atoms. The first-order valence-electron chi connectivity index (χ1n) is 3.31. The lowest BCUT2D eigenvalue weighted by Gasteiger charge is -1.94. The normalized spacial score (nSPS) is 9.91. The van der Waals surface area contributed by atoms with Crippen molar-refractivity contribution in [3.63, 3.8) is 0 Å². The number of hydrogen-bond donors (Lipinski definition) is 1. The van der Waals surface area contributed by atoms with Crippen LogP contribution in [-0.2, 0) is 4.74 Å². The topological polar surface area (TPSA) is 67.9 Å². The van der Waals surface area contributed by atoms with E-state index in [0.717, 1.165) is 0 Å². The third-order valence-electron chi connectivity index (χ3n) is 1.14. The van der Waals surface area contributed by atoms with Crippen LogP contribution in [0.5, 0.6) is 0 Å². The Kier molecular flexibility index (Phi) is 2.74. The van der Waals surface area contributed by atoms with Gasteiger partial charge in [-0.2, -0.15) is 15.4 Å². The summed E-state index contributed by atoms with van der Waals surface area (Å²) < 4.78 is 4.89. The molecule has 0 unspecified atom stereocenters. The molecule has 0 radical (unpaired) electrons. The van der Waals surface area contributed by atoms with Gasteiger partial charge in [-0.3, -0.25) is 4.79 Å². The lowest BCUT2D eigenvalue weighted by molar-refractivity contribution is 0.0778. The van der Waals surface area contributed by atoms with Gasteiger partial charge in [-0.15, -0.1) is 0 Å². The van der Waals surface area contributed by atoms with E-state index in [0.29, 0.717) is 12.3 Å². The van der Waals surface area contributed by atoms with E-state index in [4.69, 9.17) is 4.74 Å². The Morgan fingerprint density at radius 1 is 1.82 bits per heavy atom. The molecule has 0 aliphatic heterocycles. The quantitative estimate of drug-likeness (QED) is 0.622. The fraction of sp³-hybridized carbons (Fsp3) is 0.500. The third kappa shape index (κ3) is 2.12. The molecule has 11 heavy (non-hydrogen) atoms. The minimum Gasteiger partial charge on any atom is -0.374 e. The second-order valence-electron chi connectivity index (χ2n) is 1.92. The molecule has 5 heteroatoms. The molecule has 0 aromatic carbocycles. The van der Waals surface area contributed by atoms with Crippen LogP contribution in [0.2, 0.25) is 0 Å². The second-order valence-corrected chi connectivity index (χ2v) is 1.92. The predicted octanol–water partition coefficient (Wildman–Crippen LogP) is 0.0239. The molecule has 0 fully saturated rings. The SMILES string of the molecule is CCOCC(=O)c1cn[nH]n1. The first kappa shape index (κ1) is 7.87. The van der Waals surface area contributed by atoms with Crippen LogP contribution >= 0.6 is 0 Å². The summed E-state index contributed by atoms with van der Waals surface area (Å²) in [4.78, 5) is 11.0. The number of ether oxygens (including phenoxy) is 1. The van der Waals surface area contributed by atoms with E-state index in [1.54, 1.807) is 0 Å².